The van der Waals surface area contributed by atoms with Crippen LogP contribution in [0.3, 0.4) is 0 Å². The van der Waals surface area contributed by atoms with E-state index in [1.807, 2.05) is 29.9 Å². The van der Waals surface area contributed by atoms with Gasteiger partial charge in [-0.25, -0.2) is 9.82 Å². The van der Waals surface area contributed by atoms with Crippen LogP contribution in [0.25, 0.3) is 0 Å². The molecule has 1 aromatic carbocycles. The first kappa shape index (κ1) is 14.0. The van der Waals surface area contributed by atoms with Gasteiger partial charge in [-0.05, 0) is 36.8 Å². The van der Waals surface area contributed by atoms with E-state index in [2.05, 4.69) is 10.5 Å². The fourth-order valence-corrected chi connectivity index (χ4v) is 1.79. The molecule has 2 aromatic rings. The molecule has 0 bridgehead atoms. The van der Waals surface area contributed by atoms with Gasteiger partial charge in [0.2, 0.25) is 5.91 Å². The molecule has 0 spiro atoms. The molecule has 4 nitrogen and oxygen atoms in total. The highest BCUT2D eigenvalue weighted by Crippen LogP contribution is 2.04. The number of aryl methyl sites for hydroxylation is 1. The first-order valence-electron chi connectivity index (χ1n) is 6.25. The third kappa shape index (κ3) is 3.54. The molecule has 1 amide bonds. The monoisotopic (exact) mass is 273 g/mol. The predicted molar refractivity (Wildman–Crippen MR) is 75.9 cm³/mol. The van der Waals surface area contributed by atoms with E-state index in [0.717, 1.165) is 11.3 Å². The van der Waals surface area contributed by atoms with E-state index in [-0.39, 0.29) is 18.1 Å². The molecular weight excluding hydrogens is 257 g/mol. The van der Waals surface area contributed by atoms with Gasteiger partial charge in [0.15, 0.2) is 0 Å². The second-order valence-corrected chi connectivity index (χ2v) is 4.53. The van der Waals surface area contributed by atoms with Crippen LogP contribution in [-0.2, 0) is 18.3 Å². The van der Waals surface area contributed by atoms with Crippen LogP contribution in [0.15, 0.2) is 47.7 Å². The second-order valence-electron chi connectivity index (χ2n) is 4.53. The smallest absolute Gasteiger partial charge is 0.246 e. The normalized spacial score (nSPS) is 11.4. The Bertz CT molecular complexity index is 629. The number of nitrogens with zero attached hydrogens (tertiary/aromatic N) is 2. The SMILES string of the molecule is C/C(=N\NC(=O)Cc1cccn1C)c1ccc(F)cc1. The van der Waals surface area contributed by atoms with Gasteiger partial charge in [-0.1, -0.05) is 12.1 Å². The summed E-state index contributed by atoms with van der Waals surface area (Å²) in [4.78, 5) is 11.8. The van der Waals surface area contributed by atoms with Gasteiger partial charge in [0.25, 0.3) is 0 Å². The Balaban J connectivity index is 1.96. The van der Waals surface area contributed by atoms with Crippen LogP contribution in [0.4, 0.5) is 4.39 Å². The largest absolute Gasteiger partial charge is 0.354 e. The minimum Gasteiger partial charge on any atom is -0.354 e. The highest BCUT2D eigenvalue weighted by Gasteiger charge is 2.05. The molecule has 2 rings (SSSR count). The first-order valence-corrected chi connectivity index (χ1v) is 6.25. The van der Waals surface area contributed by atoms with Crippen LogP contribution in [0.5, 0.6) is 0 Å². The maximum absolute atomic E-state index is 12.8. The lowest BCUT2D eigenvalue weighted by Gasteiger charge is -2.04. The van der Waals surface area contributed by atoms with Gasteiger partial charge in [0.1, 0.15) is 5.82 Å². The minimum atomic E-state index is -0.297. The van der Waals surface area contributed by atoms with Crippen LogP contribution < -0.4 is 5.43 Å². The van der Waals surface area contributed by atoms with Crippen LogP contribution in [-0.4, -0.2) is 16.2 Å². The highest BCUT2D eigenvalue weighted by molar-refractivity contribution is 5.99. The molecule has 0 aliphatic rings. The van der Waals surface area contributed by atoms with Crippen LogP contribution >= 0.6 is 0 Å². The minimum absolute atomic E-state index is 0.187. The van der Waals surface area contributed by atoms with Crippen molar-refractivity contribution < 1.29 is 9.18 Å². The van der Waals surface area contributed by atoms with E-state index in [0.29, 0.717) is 5.71 Å². The topological polar surface area (TPSA) is 46.4 Å². The number of amides is 1. The van der Waals surface area contributed by atoms with E-state index in [1.165, 1.54) is 12.1 Å². The van der Waals surface area contributed by atoms with Crippen molar-refractivity contribution in [1.82, 2.24) is 9.99 Å². The summed E-state index contributed by atoms with van der Waals surface area (Å²) >= 11 is 0. The predicted octanol–water partition coefficient (Wildman–Crippen LogP) is 2.25. The van der Waals surface area contributed by atoms with Gasteiger partial charge in [-0.3, -0.25) is 4.79 Å². The number of hydrogen-bond donors (Lipinski definition) is 1. The molecule has 0 atom stereocenters. The number of aromatic nitrogens is 1. The van der Waals surface area contributed by atoms with Crippen molar-refractivity contribution in [3.8, 4) is 0 Å². The maximum atomic E-state index is 12.8. The maximum Gasteiger partial charge on any atom is 0.246 e. The zero-order chi connectivity index (χ0) is 14.5. The summed E-state index contributed by atoms with van der Waals surface area (Å²) in [7, 11) is 1.88. The van der Waals surface area contributed by atoms with Crippen molar-refractivity contribution in [1.29, 1.82) is 0 Å². The van der Waals surface area contributed by atoms with Crippen LogP contribution in [0, 0.1) is 5.82 Å². The standard InChI is InChI=1S/C15H16FN3O/c1-11(12-5-7-13(16)8-6-12)17-18-15(20)10-14-4-3-9-19(14)2/h3-9H,10H2,1-2H3,(H,18,20)/b17-11+. The zero-order valence-electron chi connectivity index (χ0n) is 11.4. The lowest BCUT2D eigenvalue weighted by Crippen LogP contribution is -2.22. The molecule has 0 saturated carbocycles. The molecule has 0 saturated heterocycles. The Labute approximate surface area is 116 Å². The van der Waals surface area contributed by atoms with Gasteiger partial charge >= 0.3 is 0 Å². The zero-order valence-corrected chi connectivity index (χ0v) is 11.4. The summed E-state index contributed by atoms with van der Waals surface area (Å²) in [5, 5.41) is 4.02. The van der Waals surface area contributed by atoms with Gasteiger partial charge < -0.3 is 4.57 Å². The third-order valence-electron chi connectivity index (χ3n) is 3.00. The first-order chi connectivity index (χ1) is 9.56. The second kappa shape index (κ2) is 6.14. The Morgan fingerprint density at radius 2 is 2.00 bits per heavy atom. The summed E-state index contributed by atoms with van der Waals surface area (Å²) < 4.78 is 14.7. The van der Waals surface area contributed by atoms with Gasteiger partial charge in [0.05, 0.1) is 12.1 Å². The Hall–Kier alpha value is -2.43. The Morgan fingerprint density at radius 1 is 1.30 bits per heavy atom. The van der Waals surface area contributed by atoms with Crippen molar-refractivity contribution in [2.45, 2.75) is 13.3 Å². The number of carbonyl (C=O) groups is 1. The van der Waals surface area contributed by atoms with E-state index in [9.17, 15) is 9.18 Å². The van der Waals surface area contributed by atoms with E-state index >= 15 is 0 Å². The number of hydrazone groups is 1. The fraction of sp³-hybridized carbons (Fsp3) is 0.200. The molecule has 1 N–H and O–H groups in total. The third-order valence-corrected chi connectivity index (χ3v) is 3.00. The number of rotatable bonds is 4. The summed E-state index contributed by atoms with van der Waals surface area (Å²) in [6.07, 6.45) is 2.15. The molecule has 5 heteroatoms. The highest BCUT2D eigenvalue weighted by atomic mass is 19.1. The molecule has 0 fully saturated rings. The molecule has 0 radical (unpaired) electrons. The quantitative estimate of drug-likeness (QED) is 0.674. The van der Waals surface area contributed by atoms with Crippen molar-refractivity contribution >= 4 is 11.6 Å². The molecule has 20 heavy (non-hydrogen) atoms. The number of halogens is 1. The molecule has 0 unspecified atom stereocenters. The van der Waals surface area contributed by atoms with Crippen molar-refractivity contribution in [3.05, 3.63) is 59.7 Å². The average molecular weight is 273 g/mol. The van der Waals surface area contributed by atoms with Crippen molar-refractivity contribution in [3.63, 3.8) is 0 Å². The number of hydrogen-bond acceptors (Lipinski definition) is 2. The Morgan fingerprint density at radius 3 is 2.60 bits per heavy atom. The van der Waals surface area contributed by atoms with E-state index in [1.54, 1.807) is 19.1 Å². The number of carbonyl (C=O) groups excluding carboxylic acids is 1. The lowest BCUT2D eigenvalue weighted by atomic mass is 10.1. The van der Waals surface area contributed by atoms with Gasteiger partial charge in [0, 0.05) is 18.9 Å². The van der Waals surface area contributed by atoms with E-state index < -0.39 is 0 Å². The van der Waals surface area contributed by atoms with Crippen molar-refractivity contribution in [2.75, 3.05) is 0 Å². The molecule has 0 aliphatic heterocycles. The number of nitrogens with one attached hydrogen (secondary N) is 1. The molecule has 104 valence electrons. The summed E-state index contributed by atoms with van der Waals surface area (Å²) in [6, 6.07) is 9.74. The van der Waals surface area contributed by atoms with Crippen LogP contribution in [0.1, 0.15) is 18.2 Å². The lowest BCUT2D eigenvalue weighted by molar-refractivity contribution is -0.120. The van der Waals surface area contributed by atoms with Gasteiger partial charge in [-0.15, -0.1) is 0 Å². The molecule has 1 heterocycles. The Kier molecular flexibility index (Phi) is 4.30. The van der Waals surface area contributed by atoms with Crippen molar-refractivity contribution in [2.24, 2.45) is 12.1 Å². The summed E-state index contributed by atoms with van der Waals surface area (Å²) in [6.45, 7) is 1.76. The fourth-order valence-electron chi connectivity index (χ4n) is 1.79. The number of benzene rings is 1. The molecular formula is C15H16FN3O. The summed E-state index contributed by atoms with van der Waals surface area (Å²) in [5.74, 6) is -0.484. The summed E-state index contributed by atoms with van der Waals surface area (Å²) in [5.41, 5.74) is 4.82. The average Bonchev–Trinajstić information content (AvgIpc) is 2.82. The van der Waals surface area contributed by atoms with E-state index in [4.69, 9.17) is 0 Å². The molecule has 0 aliphatic carbocycles. The van der Waals surface area contributed by atoms with Crippen LogP contribution in [0.2, 0.25) is 0 Å². The molecule has 1 aromatic heterocycles. The van der Waals surface area contributed by atoms with Gasteiger partial charge in [-0.2, -0.15) is 5.10 Å².